The number of nitrogens with zero attached hydrogens (tertiary/aromatic N) is 2. The van der Waals surface area contributed by atoms with Crippen LogP contribution in [0.4, 0.5) is 10.5 Å². The van der Waals surface area contributed by atoms with Crippen molar-refractivity contribution in [1.82, 2.24) is 15.5 Å². The first kappa shape index (κ1) is 25.2. The number of carbonyl (C=O) groups excluding carboxylic acids is 4. The van der Waals surface area contributed by atoms with Gasteiger partial charge in [0.2, 0.25) is 17.7 Å². The van der Waals surface area contributed by atoms with Crippen molar-refractivity contribution in [2.24, 2.45) is 5.92 Å². The quantitative estimate of drug-likeness (QED) is 0.503. The van der Waals surface area contributed by atoms with E-state index in [1.165, 1.54) is 4.90 Å². The van der Waals surface area contributed by atoms with Crippen LogP contribution in [-0.2, 0) is 25.7 Å². The fraction of sp³-hybridized carbons (Fsp3) is 0.320. The fourth-order valence-corrected chi connectivity index (χ4v) is 3.61. The number of nitrogens with one attached hydrogen (secondary N) is 3. The average molecular weight is 478 g/mol. The van der Waals surface area contributed by atoms with E-state index < -0.39 is 29.9 Å². The first-order valence-electron chi connectivity index (χ1n) is 11.2. The number of hydrogen-bond acceptors (Lipinski definition) is 6. The van der Waals surface area contributed by atoms with Crippen LogP contribution >= 0.6 is 0 Å². The van der Waals surface area contributed by atoms with Gasteiger partial charge in [-0.15, -0.1) is 0 Å². The molecule has 182 valence electrons. The topological polar surface area (TPSA) is 141 Å². The molecule has 0 saturated carbocycles. The second kappa shape index (κ2) is 12.7. The van der Waals surface area contributed by atoms with Crippen molar-refractivity contribution in [2.45, 2.75) is 25.5 Å². The Bertz CT molecular complexity index is 1070. The summed E-state index contributed by atoms with van der Waals surface area (Å²) >= 11 is 0. The molecular formula is C25H27N5O5. The molecular weight excluding hydrogens is 450 g/mol. The van der Waals surface area contributed by atoms with Gasteiger partial charge < -0.3 is 25.6 Å². The molecule has 2 atom stereocenters. The first-order valence-corrected chi connectivity index (χ1v) is 11.2. The minimum absolute atomic E-state index is 0.0416. The van der Waals surface area contributed by atoms with E-state index in [0.29, 0.717) is 5.69 Å². The zero-order chi connectivity index (χ0) is 25.0. The molecule has 0 spiro atoms. The van der Waals surface area contributed by atoms with Crippen LogP contribution in [0.15, 0.2) is 60.7 Å². The summed E-state index contributed by atoms with van der Waals surface area (Å²) in [4.78, 5) is 50.2. The highest BCUT2D eigenvalue weighted by Gasteiger charge is 2.38. The van der Waals surface area contributed by atoms with Crippen LogP contribution in [-0.4, -0.2) is 54.4 Å². The maximum Gasteiger partial charge on any atom is 0.407 e. The van der Waals surface area contributed by atoms with Gasteiger partial charge in [-0.2, -0.15) is 5.26 Å². The number of hydrogen-bond donors (Lipinski definition) is 3. The van der Waals surface area contributed by atoms with E-state index in [1.54, 1.807) is 24.3 Å². The molecule has 10 nitrogen and oxygen atoms in total. The lowest BCUT2D eigenvalue weighted by atomic mass is 10.1. The summed E-state index contributed by atoms with van der Waals surface area (Å²) in [5.41, 5.74) is 1.48. The average Bonchev–Trinajstić information content (AvgIpc) is 3.32. The molecule has 0 aliphatic carbocycles. The van der Waals surface area contributed by atoms with E-state index in [1.807, 2.05) is 36.4 Å². The lowest BCUT2D eigenvalue weighted by Gasteiger charge is -2.20. The zero-order valence-electron chi connectivity index (χ0n) is 19.1. The molecule has 2 unspecified atom stereocenters. The molecule has 1 aliphatic heterocycles. The normalized spacial score (nSPS) is 16.6. The van der Waals surface area contributed by atoms with Gasteiger partial charge in [0.15, 0.2) is 0 Å². The van der Waals surface area contributed by atoms with Crippen LogP contribution < -0.4 is 16.0 Å². The largest absolute Gasteiger partial charge is 0.445 e. The minimum atomic E-state index is -0.744. The Balaban J connectivity index is 1.36. The SMILES string of the molecule is N#CC1CC(C(=O)Nc2ccccc2)CN1C(=O)CNC(=O)CCNC(=O)OCc1ccccc1. The third-order valence-electron chi connectivity index (χ3n) is 5.45. The third kappa shape index (κ3) is 7.85. The molecule has 3 rings (SSSR count). The van der Waals surface area contributed by atoms with Gasteiger partial charge in [-0.1, -0.05) is 48.5 Å². The second-order valence-corrected chi connectivity index (χ2v) is 7.99. The number of benzene rings is 2. The highest BCUT2D eigenvalue weighted by atomic mass is 16.5. The number of nitriles is 1. The van der Waals surface area contributed by atoms with Crippen molar-refractivity contribution in [3.05, 3.63) is 66.2 Å². The van der Waals surface area contributed by atoms with Crippen LogP contribution in [0, 0.1) is 17.2 Å². The molecule has 1 fully saturated rings. The van der Waals surface area contributed by atoms with Gasteiger partial charge in [0.1, 0.15) is 12.6 Å². The third-order valence-corrected chi connectivity index (χ3v) is 5.45. The van der Waals surface area contributed by atoms with Gasteiger partial charge in [-0.25, -0.2) is 4.79 Å². The molecule has 3 N–H and O–H groups in total. The Morgan fingerprint density at radius 1 is 1.00 bits per heavy atom. The standard InChI is InChI=1S/C25H27N5O5/c26-14-21-13-19(24(33)29-20-9-5-2-6-10-20)16-30(21)23(32)15-28-22(31)11-12-27-25(34)35-17-18-7-3-1-4-8-18/h1-10,19,21H,11-13,15-17H2,(H,27,34)(H,28,31)(H,29,33). The van der Waals surface area contributed by atoms with Crippen LogP contribution in [0.25, 0.3) is 0 Å². The predicted octanol–water partition coefficient (Wildman–Crippen LogP) is 1.80. The van der Waals surface area contributed by atoms with E-state index >= 15 is 0 Å². The predicted molar refractivity (Wildman–Crippen MR) is 127 cm³/mol. The maximum atomic E-state index is 12.6. The molecule has 2 aromatic rings. The Hall–Kier alpha value is -4.39. The highest BCUT2D eigenvalue weighted by molar-refractivity contribution is 5.94. The highest BCUT2D eigenvalue weighted by Crippen LogP contribution is 2.24. The Morgan fingerprint density at radius 2 is 1.69 bits per heavy atom. The lowest BCUT2D eigenvalue weighted by molar-refractivity contribution is -0.133. The van der Waals surface area contributed by atoms with Gasteiger partial charge >= 0.3 is 6.09 Å². The van der Waals surface area contributed by atoms with E-state index in [0.717, 1.165) is 5.56 Å². The Kier molecular flexibility index (Phi) is 9.19. The van der Waals surface area contributed by atoms with Gasteiger partial charge in [0.05, 0.1) is 18.5 Å². The van der Waals surface area contributed by atoms with Crippen molar-refractivity contribution < 1.29 is 23.9 Å². The van der Waals surface area contributed by atoms with Crippen molar-refractivity contribution in [3.63, 3.8) is 0 Å². The first-order chi connectivity index (χ1) is 17.0. The van der Waals surface area contributed by atoms with Gasteiger partial charge in [0.25, 0.3) is 0 Å². The summed E-state index contributed by atoms with van der Waals surface area (Å²) in [7, 11) is 0. The zero-order valence-corrected chi connectivity index (χ0v) is 19.1. The smallest absolute Gasteiger partial charge is 0.407 e. The summed E-state index contributed by atoms with van der Waals surface area (Å²) in [6.07, 6.45) is -0.465. The summed E-state index contributed by atoms with van der Waals surface area (Å²) < 4.78 is 5.06. The summed E-state index contributed by atoms with van der Waals surface area (Å²) in [5, 5.41) is 17.2. The van der Waals surface area contributed by atoms with Crippen molar-refractivity contribution in [3.8, 4) is 6.07 Å². The molecule has 0 bridgehead atoms. The van der Waals surface area contributed by atoms with Crippen molar-refractivity contribution in [1.29, 1.82) is 5.26 Å². The Labute approximate surface area is 203 Å². The number of likely N-dealkylation sites (tertiary alicyclic amines) is 1. The van der Waals surface area contributed by atoms with Gasteiger partial charge in [0, 0.05) is 25.2 Å². The Morgan fingerprint density at radius 3 is 2.37 bits per heavy atom. The molecule has 4 amide bonds. The number of amides is 4. The summed E-state index contributed by atoms with van der Waals surface area (Å²) in [6.45, 7) is -0.0452. The second-order valence-electron chi connectivity index (χ2n) is 7.99. The van der Waals surface area contributed by atoms with Gasteiger partial charge in [-0.3, -0.25) is 14.4 Å². The minimum Gasteiger partial charge on any atom is -0.445 e. The molecule has 1 saturated heterocycles. The summed E-state index contributed by atoms with van der Waals surface area (Å²) in [6, 6.07) is 19.4. The van der Waals surface area contributed by atoms with Crippen LogP contribution in [0.3, 0.4) is 0 Å². The number of anilines is 1. The van der Waals surface area contributed by atoms with Crippen molar-refractivity contribution in [2.75, 3.05) is 25.0 Å². The van der Waals surface area contributed by atoms with E-state index in [4.69, 9.17) is 4.74 Å². The number of carbonyl (C=O) groups is 4. The maximum absolute atomic E-state index is 12.6. The monoisotopic (exact) mass is 477 g/mol. The number of para-hydroxylation sites is 1. The van der Waals surface area contributed by atoms with E-state index in [2.05, 4.69) is 22.0 Å². The van der Waals surface area contributed by atoms with Crippen LogP contribution in [0.5, 0.6) is 0 Å². The number of ether oxygens (including phenoxy) is 1. The number of alkyl carbamates (subject to hydrolysis) is 1. The van der Waals surface area contributed by atoms with Crippen molar-refractivity contribution >= 4 is 29.5 Å². The molecule has 10 heteroatoms. The molecule has 0 radical (unpaired) electrons. The molecule has 0 aromatic heterocycles. The molecule has 1 aliphatic rings. The number of rotatable bonds is 9. The summed E-state index contributed by atoms with van der Waals surface area (Å²) in [5.74, 6) is -1.67. The molecule has 35 heavy (non-hydrogen) atoms. The van der Waals surface area contributed by atoms with Gasteiger partial charge in [-0.05, 0) is 24.1 Å². The van der Waals surface area contributed by atoms with Crippen LogP contribution in [0.1, 0.15) is 18.4 Å². The van der Waals surface area contributed by atoms with E-state index in [-0.39, 0.29) is 45.0 Å². The van der Waals surface area contributed by atoms with Crippen LogP contribution in [0.2, 0.25) is 0 Å². The molecule has 1 heterocycles. The fourth-order valence-electron chi connectivity index (χ4n) is 3.61. The molecule has 2 aromatic carbocycles. The lowest BCUT2D eigenvalue weighted by Crippen LogP contribution is -2.43. The van der Waals surface area contributed by atoms with E-state index in [9.17, 15) is 24.4 Å².